The van der Waals surface area contributed by atoms with Gasteiger partial charge in [-0.3, -0.25) is 4.98 Å². The summed E-state index contributed by atoms with van der Waals surface area (Å²) in [6.45, 7) is 7.44. The molecule has 3 aromatic heterocycles. The summed E-state index contributed by atoms with van der Waals surface area (Å²) in [5, 5.41) is 2.38. The molecule has 8 aromatic rings. The molecule has 6 heteroatoms. The number of pyridine rings is 1. The zero-order chi connectivity index (χ0) is 36.5. The average molecular weight is 711 g/mol. The Bertz CT molecular complexity index is 2760. The molecule has 0 unspecified atom stereocenters. The molecule has 6 nitrogen and oxygen atoms in total. The molecule has 4 saturated carbocycles. The highest BCUT2D eigenvalue weighted by Gasteiger charge is 2.51. The van der Waals surface area contributed by atoms with Gasteiger partial charge in [-0.1, -0.05) is 84.9 Å². The third-order valence-corrected chi connectivity index (χ3v) is 12.7. The first-order chi connectivity index (χ1) is 27.1. The molecular weight excluding hydrogens is 673 g/mol. The molecule has 4 aliphatic rings. The lowest BCUT2D eigenvalue weighted by Gasteiger charge is -2.57. The molecule has 3 heterocycles. The van der Waals surface area contributed by atoms with Gasteiger partial charge >= 0.3 is 0 Å². The first kappa shape index (κ1) is 32.0. The molecular formula is C49H38N6. The Morgan fingerprint density at radius 3 is 1.87 bits per heavy atom. The smallest absolute Gasteiger partial charge is 0.187 e. The third-order valence-electron chi connectivity index (χ3n) is 12.7. The second kappa shape index (κ2) is 12.6. The number of hydrogen-bond acceptors (Lipinski definition) is 4. The number of rotatable bonds is 6. The molecule has 0 spiro atoms. The minimum absolute atomic E-state index is 0.346. The van der Waals surface area contributed by atoms with Crippen molar-refractivity contribution in [1.29, 1.82) is 0 Å². The van der Waals surface area contributed by atoms with Gasteiger partial charge in [0.15, 0.2) is 23.2 Å². The summed E-state index contributed by atoms with van der Waals surface area (Å²) in [6.07, 6.45) is 12.0. The Balaban J connectivity index is 0.992. The van der Waals surface area contributed by atoms with Gasteiger partial charge in [-0.2, -0.15) is 0 Å². The van der Waals surface area contributed by atoms with Gasteiger partial charge in [-0.15, -0.1) is 0 Å². The molecule has 4 aliphatic carbocycles. The zero-order valence-electron chi connectivity index (χ0n) is 30.4. The van der Waals surface area contributed by atoms with E-state index in [9.17, 15) is 0 Å². The molecule has 0 atom stereocenters. The predicted molar refractivity (Wildman–Crippen MR) is 220 cm³/mol. The highest BCUT2D eigenvalue weighted by molar-refractivity contribution is 6.10. The van der Waals surface area contributed by atoms with Crippen molar-refractivity contribution in [1.82, 2.24) is 24.5 Å². The van der Waals surface area contributed by atoms with Crippen LogP contribution in [0.5, 0.6) is 0 Å². The van der Waals surface area contributed by atoms with Gasteiger partial charge in [0.2, 0.25) is 0 Å². The van der Waals surface area contributed by atoms with Crippen molar-refractivity contribution in [2.24, 2.45) is 17.8 Å². The lowest BCUT2D eigenvalue weighted by Crippen LogP contribution is -2.48. The number of aromatic nitrogens is 5. The normalized spacial score (nSPS) is 21.3. The van der Waals surface area contributed by atoms with Crippen molar-refractivity contribution in [3.8, 4) is 51.0 Å². The van der Waals surface area contributed by atoms with Crippen LogP contribution in [0.25, 0.3) is 77.6 Å². The first-order valence-corrected chi connectivity index (χ1v) is 19.5. The molecule has 4 bridgehead atoms. The van der Waals surface area contributed by atoms with Crippen LogP contribution in [0, 0.1) is 24.3 Å². The van der Waals surface area contributed by atoms with Gasteiger partial charge < -0.3 is 4.57 Å². The Kier molecular flexibility index (Phi) is 7.32. The first-order valence-electron chi connectivity index (χ1n) is 19.5. The fraction of sp³-hybridized carbons (Fsp3) is 0.204. The lowest BCUT2D eigenvalue weighted by molar-refractivity contribution is -0.00518. The van der Waals surface area contributed by atoms with Gasteiger partial charge in [-0.25, -0.2) is 19.8 Å². The molecule has 264 valence electrons. The van der Waals surface area contributed by atoms with E-state index < -0.39 is 0 Å². The van der Waals surface area contributed by atoms with E-state index in [0.717, 1.165) is 62.3 Å². The molecule has 0 aliphatic heterocycles. The number of hydrogen-bond donors (Lipinski definition) is 0. The number of benzene rings is 5. The van der Waals surface area contributed by atoms with Crippen LogP contribution in [0.3, 0.4) is 0 Å². The fourth-order valence-electron chi connectivity index (χ4n) is 10.6. The summed E-state index contributed by atoms with van der Waals surface area (Å²) in [5.74, 6) is 4.63. The fourth-order valence-corrected chi connectivity index (χ4v) is 10.6. The van der Waals surface area contributed by atoms with Crippen LogP contribution in [-0.4, -0.2) is 24.5 Å². The van der Waals surface area contributed by atoms with E-state index in [1.165, 1.54) is 54.9 Å². The number of para-hydroxylation sites is 1. The van der Waals surface area contributed by atoms with Crippen molar-refractivity contribution in [2.75, 3.05) is 0 Å². The van der Waals surface area contributed by atoms with Gasteiger partial charge in [-0.05, 0) is 121 Å². The topological polar surface area (TPSA) is 60.9 Å². The summed E-state index contributed by atoms with van der Waals surface area (Å²) < 4.78 is 2.29. The summed E-state index contributed by atoms with van der Waals surface area (Å²) in [6, 6.07) is 44.7. The van der Waals surface area contributed by atoms with Gasteiger partial charge in [0, 0.05) is 45.5 Å². The van der Waals surface area contributed by atoms with Crippen molar-refractivity contribution in [2.45, 2.75) is 43.9 Å². The zero-order valence-corrected chi connectivity index (χ0v) is 30.4. The Hall–Kier alpha value is -6.45. The molecule has 55 heavy (non-hydrogen) atoms. The van der Waals surface area contributed by atoms with E-state index in [-0.39, 0.29) is 0 Å². The minimum atomic E-state index is 0.346. The van der Waals surface area contributed by atoms with Crippen molar-refractivity contribution in [3.05, 3.63) is 157 Å². The SMILES string of the molecule is [C-]#[N+]c1ccc(-n2c3ccccc3c3ccc(-c4cccc(-c5nc(-c6ccc(C78CC9CC(CC(C9)C7)C8)cc6)nc(-c6cccnc6)n5)c4)cc32)cc1. The minimum Gasteiger partial charge on any atom is -0.309 e. The maximum atomic E-state index is 7.44. The van der Waals surface area contributed by atoms with E-state index in [1.54, 1.807) is 6.20 Å². The predicted octanol–water partition coefficient (Wildman–Crippen LogP) is 12.1. The van der Waals surface area contributed by atoms with Crippen LogP contribution in [0.2, 0.25) is 0 Å². The van der Waals surface area contributed by atoms with Gasteiger partial charge in [0.25, 0.3) is 0 Å². The molecule has 0 radical (unpaired) electrons. The Morgan fingerprint density at radius 2 is 1.16 bits per heavy atom. The molecule has 4 fully saturated rings. The maximum absolute atomic E-state index is 7.44. The van der Waals surface area contributed by atoms with Crippen LogP contribution < -0.4 is 0 Å². The van der Waals surface area contributed by atoms with Crippen LogP contribution in [0.4, 0.5) is 5.69 Å². The molecule has 0 N–H and O–H groups in total. The van der Waals surface area contributed by atoms with Gasteiger partial charge in [0.1, 0.15) is 0 Å². The van der Waals surface area contributed by atoms with E-state index in [2.05, 4.69) is 105 Å². The second-order valence-electron chi connectivity index (χ2n) is 16.1. The van der Waals surface area contributed by atoms with E-state index in [0.29, 0.717) is 28.6 Å². The molecule has 5 aromatic carbocycles. The van der Waals surface area contributed by atoms with Gasteiger partial charge in [0.05, 0.1) is 17.6 Å². The molecule has 0 amide bonds. The van der Waals surface area contributed by atoms with Crippen molar-refractivity contribution in [3.63, 3.8) is 0 Å². The summed E-state index contributed by atoms with van der Waals surface area (Å²) >= 11 is 0. The standard InChI is InChI=1S/C49H38N6/c1-50-40-16-18-41(19-17-40)55-44-10-3-2-9-42(44)43-20-13-36(26-45(43)55)35-6-4-7-37(25-35)47-52-46(53-48(54-47)38-8-5-21-51-30-38)34-11-14-39(15-12-34)49-27-31-22-32(28-49)24-33(23-31)29-49/h2-21,25-26,30-33H,22-24,27-29H2. The summed E-state index contributed by atoms with van der Waals surface area (Å²) in [7, 11) is 0. The second-order valence-corrected chi connectivity index (χ2v) is 16.1. The summed E-state index contributed by atoms with van der Waals surface area (Å²) in [4.78, 5) is 23.2. The van der Waals surface area contributed by atoms with E-state index in [4.69, 9.17) is 21.5 Å². The number of nitrogens with zero attached hydrogens (tertiary/aromatic N) is 6. The van der Waals surface area contributed by atoms with E-state index in [1.807, 2.05) is 42.6 Å². The highest BCUT2D eigenvalue weighted by Crippen LogP contribution is 2.60. The van der Waals surface area contributed by atoms with Crippen LogP contribution >= 0.6 is 0 Å². The monoisotopic (exact) mass is 710 g/mol. The number of fused-ring (bicyclic) bond motifs is 3. The van der Waals surface area contributed by atoms with Crippen LogP contribution in [-0.2, 0) is 5.41 Å². The van der Waals surface area contributed by atoms with Crippen molar-refractivity contribution < 1.29 is 0 Å². The van der Waals surface area contributed by atoms with E-state index >= 15 is 0 Å². The maximum Gasteiger partial charge on any atom is 0.187 e. The molecule has 0 saturated heterocycles. The van der Waals surface area contributed by atoms with Crippen LogP contribution in [0.1, 0.15) is 44.1 Å². The Labute approximate surface area is 320 Å². The Morgan fingerprint density at radius 1 is 0.545 bits per heavy atom. The summed E-state index contributed by atoms with van der Waals surface area (Å²) in [5.41, 5.74) is 10.7. The quantitative estimate of drug-likeness (QED) is 0.161. The lowest BCUT2D eigenvalue weighted by atomic mass is 9.48. The van der Waals surface area contributed by atoms with Crippen molar-refractivity contribution >= 4 is 27.5 Å². The average Bonchev–Trinajstić information content (AvgIpc) is 3.57. The molecule has 12 rings (SSSR count). The highest BCUT2D eigenvalue weighted by atomic mass is 15.0. The van der Waals surface area contributed by atoms with Crippen LogP contribution in [0.15, 0.2) is 140 Å². The third kappa shape index (κ3) is 5.45. The largest absolute Gasteiger partial charge is 0.309 e.